The predicted octanol–water partition coefficient (Wildman–Crippen LogP) is 5.47. The maximum Gasteiger partial charge on any atom is 0.124 e. The molecule has 0 spiro atoms. The first-order chi connectivity index (χ1) is 9.11. The molecular weight excluding hydrogens is 375 g/mol. The maximum atomic E-state index is 13.0. The van der Waals surface area contributed by atoms with Crippen LogP contribution in [-0.2, 0) is 0 Å². The number of rotatable bonds is 4. The van der Waals surface area contributed by atoms with Crippen molar-refractivity contribution in [3.05, 3.63) is 63.9 Å². The van der Waals surface area contributed by atoms with Gasteiger partial charge in [0, 0.05) is 10.0 Å². The Balaban J connectivity index is 2.39. The van der Waals surface area contributed by atoms with Gasteiger partial charge in [-0.3, -0.25) is 0 Å². The van der Waals surface area contributed by atoms with E-state index in [1.807, 2.05) is 25.1 Å². The molecule has 0 N–H and O–H groups in total. The van der Waals surface area contributed by atoms with Crippen LogP contribution >= 0.6 is 31.9 Å². The van der Waals surface area contributed by atoms with E-state index in [2.05, 4.69) is 31.9 Å². The summed E-state index contributed by atoms with van der Waals surface area (Å²) in [6.07, 6.45) is 0. The minimum atomic E-state index is -0.234. The molecule has 0 saturated heterocycles. The minimum Gasteiger partial charge on any atom is -0.494 e. The lowest BCUT2D eigenvalue weighted by atomic mass is 10.0. The summed E-state index contributed by atoms with van der Waals surface area (Å²) in [4.78, 5) is -0.0350. The normalized spacial score (nSPS) is 12.2. The van der Waals surface area contributed by atoms with Crippen LogP contribution in [0.2, 0.25) is 0 Å². The summed E-state index contributed by atoms with van der Waals surface area (Å²) in [5.74, 6) is 0.597. The van der Waals surface area contributed by atoms with Crippen molar-refractivity contribution in [2.45, 2.75) is 11.8 Å². The van der Waals surface area contributed by atoms with E-state index in [0.29, 0.717) is 6.61 Å². The first kappa shape index (κ1) is 14.5. The van der Waals surface area contributed by atoms with Gasteiger partial charge in [0.15, 0.2) is 0 Å². The molecule has 19 heavy (non-hydrogen) atoms. The topological polar surface area (TPSA) is 9.23 Å². The highest BCUT2D eigenvalue weighted by molar-refractivity contribution is 9.10. The number of hydrogen-bond acceptors (Lipinski definition) is 1. The molecule has 1 atom stereocenters. The molecule has 1 nitrogen and oxygen atoms in total. The Bertz CT molecular complexity index is 555. The van der Waals surface area contributed by atoms with Gasteiger partial charge in [-0.1, -0.05) is 44.0 Å². The van der Waals surface area contributed by atoms with Crippen molar-refractivity contribution in [3.63, 3.8) is 0 Å². The maximum absolute atomic E-state index is 13.0. The van der Waals surface area contributed by atoms with Crippen LogP contribution in [0.1, 0.15) is 22.9 Å². The zero-order valence-corrected chi connectivity index (χ0v) is 13.5. The van der Waals surface area contributed by atoms with Crippen LogP contribution in [0.4, 0.5) is 4.39 Å². The molecule has 0 aliphatic rings. The summed E-state index contributed by atoms with van der Waals surface area (Å²) in [5, 5.41) is 0. The molecule has 0 radical (unpaired) electrons. The van der Waals surface area contributed by atoms with Crippen molar-refractivity contribution in [2.24, 2.45) is 0 Å². The van der Waals surface area contributed by atoms with Gasteiger partial charge in [-0.25, -0.2) is 4.39 Å². The fraction of sp³-hybridized carbons (Fsp3) is 0.200. The molecular formula is C15H13Br2FO. The first-order valence-electron chi connectivity index (χ1n) is 5.93. The van der Waals surface area contributed by atoms with Crippen LogP contribution in [0.3, 0.4) is 0 Å². The van der Waals surface area contributed by atoms with E-state index >= 15 is 0 Å². The van der Waals surface area contributed by atoms with Gasteiger partial charge in [0.2, 0.25) is 0 Å². The molecule has 2 aromatic carbocycles. The summed E-state index contributed by atoms with van der Waals surface area (Å²) in [7, 11) is 0. The van der Waals surface area contributed by atoms with Gasteiger partial charge in [-0.05, 0) is 42.8 Å². The van der Waals surface area contributed by atoms with Crippen LogP contribution in [0, 0.1) is 5.82 Å². The Morgan fingerprint density at radius 3 is 2.47 bits per heavy atom. The zero-order valence-electron chi connectivity index (χ0n) is 10.4. The lowest BCUT2D eigenvalue weighted by Gasteiger charge is -2.16. The van der Waals surface area contributed by atoms with Gasteiger partial charge in [0.05, 0.1) is 11.4 Å². The molecule has 0 bridgehead atoms. The molecule has 0 fully saturated rings. The Labute approximate surface area is 129 Å². The molecule has 0 saturated carbocycles. The van der Waals surface area contributed by atoms with E-state index in [1.54, 1.807) is 12.1 Å². The van der Waals surface area contributed by atoms with E-state index < -0.39 is 0 Å². The van der Waals surface area contributed by atoms with E-state index in [0.717, 1.165) is 21.3 Å². The van der Waals surface area contributed by atoms with E-state index in [9.17, 15) is 4.39 Å². The van der Waals surface area contributed by atoms with Crippen LogP contribution < -0.4 is 4.74 Å². The summed E-state index contributed by atoms with van der Waals surface area (Å²) < 4.78 is 19.6. The lowest BCUT2D eigenvalue weighted by Crippen LogP contribution is -2.00. The highest BCUT2D eigenvalue weighted by Crippen LogP contribution is 2.38. The number of halogens is 3. The number of hydrogen-bond donors (Lipinski definition) is 0. The Morgan fingerprint density at radius 2 is 1.84 bits per heavy atom. The number of ether oxygens (including phenoxy) is 1. The second-order valence-corrected chi connectivity index (χ2v) is 5.86. The lowest BCUT2D eigenvalue weighted by molar-refractivity contribution is 0.337. The SMILES string of the molecule is CCOc1ccc(Br)cc1C(Br)c1ccc(F)cc1. The van der Waals surface area contributed by atoms with Crippen molar-refractivity contribution >= 4 is 31.9 Å². The quantitative estimate of drug-likeness (QED) is 0.632. The van der Waals surface area contributed by atoms with E-state index in [1.165, 1.54) is 12.1 Å². The van der Waals surface area contributed by atoms with Crippen LogP contribution in [-0.4, -0.2) is 6.61 Å². The second-order valence-electron chi connectivity index (χ2n) is 4.03. The smallest absolute Gasteiger partial charge is 0.124 e. The van der Waals surface area contributed by atoms with Gasteiger partial charge < -0.3 is 4.74 Å². The predicted molar refractivity (Wildman–Crippen MR) is 82.5 cm³/mol. The average molecular weight is 388 g/mol. The standard InChI is InChI=1S/C15H13Br2FO/c1-2-19-14-8-5-11(16)9-13(14)15(17)10-3-6-12(18)7-4-10/h3-9,15H,2H2,1H3. The highest BCUT2D eigenvalue weighted by Gasteiger charge is 2.16. The van der Waals surface area contributed by atoms with Gasteiger partial charge in [-0.15, -0.1) is 0 Å². The number of alkyl halides is 1. The fourth-order valence-electron chi connectivity index (χ4n) is 1.82. The largest absolute Gasteiger partial charge is 0.494 e. The Morgan fingerprint density at radius 1 is 1.16 bits per heavy atom. The van der Waals surface area contributed by atoms with Crippen LogP contribution in [0.25, 0.3) is 0 Å². The van der Waals surface area contributed by atoms with Gasteiger partial charge in [0.1, 0.15) is 11.6 Å². The molecule has 0 heterocycles. The average Bonchev–Trinajstić information content (AvgIpc) is 2.41. The third-order valence-corrected chi connectivity index (χ3v) is 4.22. The van der Waals surface area contributed by atoms with Crippen LogP contribution in [0.15, 0.2) is 46.9 Å². The van der Waals surface area contributed by atoms with Crippen LogP contribution in [0.5, 0.6) is 5.75 Å². The molecule has 0 aliphatic carbocycles. The molecule has 2 aromatic rings. The number of benzene rings is 2. The Hall–Kier alpha value is -0.870. The van der Waals surface area contributed by atoms with Gasteiger partial charge >= 0.3 is 0 Å². The third kappa shape index (κ3) is 3.57. The zero-order chi connectivity index (χ0) is 13.8. The third-order valence-electron chi connectivity index (χ3n) is 2.71. The molecule has 1 unspecified atom stereocenters. The van der Waals surface area contributed by atoms with Crippen molar-refractivity contribution in [3.8, 4) is 5.75 Å². The molecule has 0 aliphatic heterocycles. The molecule has 2 rings (SSSR count). The highest BCUT2D eigenvalue weighted by atomic mass is 79.9. The van der Waals surface area contributed by atoms with Crippen molar-refractivity contribution in [1.82, 2.24) is 0 Å². The van der Waals surface area contributed by atoms with Gasteiger partial charge in [-0.2, -0.15) is 0 Å². The molecule has 100 valence electrons. The summed E-state index contributed by atoms with van der Waals surface area (Å²) in [6, 6.07) is 12.3. The first-order valence-corrected chi connectivity index (χ1v) is 7.64. The second kappa shape index (κ2) is 6.53. The molecule has 0 aromatic heterocycles. The fourth-order valence-corrected chi connectivity index (χ4v) is 2.86. The Kier molecular flexibility index (Phi) is 4.99. The van der Waals surface area contributed by atoms with Gasteiger partial charge in [0.25, 0.3) is 0 Å². The van der Waals surface area contributed by atoms with Crippen molar-refractivity contribution < 1.29 is 9.13 Å². The monoisotopic (exact) mass is 386 g/mol. The summed E-state index contributed by atoms with van der Waals surface area (Å²) in [5.41, 5.74) is 2.00. The van der Waals surface area contributed by atoms with E-state index in [4.69, 9.17) is 4.74 Å². The minimum absolute atomic E-state index is 0.0350. The van der Waals surface area contributed by atoms with Crippen molar-refractivity contribution in [1.29, 1.82) is 0 Å². The van der Waals surface area contributed by atoms with E-state index in [-0.39, 0.29) is 10.6 Å². The molecule has 4 heteroatoms. The molecule has 0 amide bonds. The summed E-state index contributed by atoms with van der Waals surface area (Å²) >= 11 is 7.11. The summed E-state index contributed by atoms with van der Waals surface area (Å²) in [6.45, 7) is 2.56. The van der Waals surface area contributed by atoms with Crippen molar-refractivity contribution in [2.75, 3.05) is 6.61 Å².